The summed E-state index contributed by atoms with van der Waals surface area (Å²) in [6.07, 6.45) is 0. The van der Waals surface area contributed by atoms with Crippen molar-refractivity contribution in [2.45, 2.75) is 12.7 Å². The number of para-hydroxylation sites is 2. The minimum atomic E-state index is -0.0892. The van der Waals surface area contributed by atoms with E-state index in [9.17, 15) is 4.79 Å². The van der Waals surface area contributed by atoms with E-state index in [-0.39, 0.29) is 5.43 Å². The molecule has 5 heteroatoms. The van der Waals surface area contributed by atoms with Crippen LogP contribution >= 0.6 is 12.6 Å². The van der Waals surface area contributed by atoms with Crippen LogP contribution in [0.4, 0.5) is 0 Å². The standard InChI is InChI=1S/C13H14N2O2S/c1-9-7-12(16)10(8-18)14-15(9)11-5-3-4-6-13(11)17-2/h3-7,18H,8H2,1-2H3. The van der Waals surface area contributed by atoms with E-state index in [1.807, 2.05) is 31.2 Å². The average molecular weight is 262 g/mol. The number of ether oxygens (including phenoxy) is 1. The van der Waals surface area contributed by atoms with Crippen molar-refractivity contribution < 1.29 is 4.74 Å². The van der Waals surface area contributed by atoms with E-state index >= 15 is 0 Å². The summed E-state index contributed by atoms with van der Waals surface area (Å²) in [6, 6.07) is 9.10. The molecule has 0 amide bonds. The molecule has 0 saturated carbocycles. The van der Waals surface area contributed by atoms with E-state index in [1.165, 1.54) is 0 Å². The molecule has 0 bridgehead atoms. The van der Waals surface area contributed by atoms with E-state index in [4.69, 9.17) is 4.74 Å². The van der Waals surface area contributed by atoms with Crippen molar-refractivity contribution in [3.63, 3.8) is 0 Å². The summed E-state index contributed by atoms with van der Waals surface area (Å²) >= 11 is 4.12. The van der Waals surface area contributed by atoms with Crippen LogP contribution in [0.15, 0.2) is 35.1 Å². The number of hydrogen-bond acceptors (Lipinski definition) is 4. The maximum atomic E-state index is 11.7. The lowest BCUT2D eigenvalue weighted by Gasteiger charge is -2.13. The predicted molar refractivity (Wildman–Crippen MR) is 73.8 cm³/mol. The van der Waals surface area contributed by atoms with E-state index in [1.54, 1.807) is 17.9 Å². The van der Waals surface area contributed by atoms with Crippen molar-refractivity contribution in [1.29, 1.82) is 0 Å². The zero-order valence-electron chi connectivity index (χ0n) is 10.3. The molecule has 94 valence electrons. The summed E-state index contributed by atoms with van der Waals surface area (Å²) in [7, 11) is 1.61. The van der Waals surface area contributed by atoms with E-state index in [0.29, 0.717) is 17.2 Å². The minimum Gasteiger partial charge on any atom is -0.494 e. The third-order valence-corrected chi connectivity index (χ3v) is 2.94. The third kappa shape index (κ3) is 2.26. The first-order chi connectivity index (χ1) is 8.67. The Morgan fingerprint density at radius 1 is 1.39 bits per heavy atom. The fourth-order valence-electron chi connectivity index (χ4n) is 1.74. The minimum absolute atomic E-state index is 0.0892. The molecule has 0 aliphatic carbocycles. The highest BCUT2D eigenvalue weighted by Gasteiger charge is 2.09. The van der Waals surface area contributed by atoms with Crippen LogP contribution in [0.25, 0.3) is 5.69 Å². The van der Waals surface area contributed by atoms with Gasteiger partial charge in [0.15, 0.2) is 0 Å². The van der Waals surface area contributed by atoms with Crippen molar-refractivity contribution in [2.75, 3.05) is 7.11 Å². The highest BCUT2D eigenvalue weighted by atomic mass is 32.1. The quantitative estimate of drug-likeness (QED) is 0.860. The second-order valence-corrected chi connectivity index (χ2v) is 4.15. The van der Waals surface area contributed by atoms with E-state index in [2.05, 4.69) is 17.7 Å². The Balaban J connectivity index is 2.67. The van der Waals surface area contributed by atoms with Gasteiger partial charge >= 0.3 is 0 Å². The molecule has 0 unspecified atom stereocenters. The van der Waals surface area contributed by atoms with Gasteiger partial charge in [-0.05, 0) is 19.1 Å². The first-order valence-corrected chi connectivity index (χ1v) is 6.14. The molecule has 4 nitrogen and oxygen atoms in total. The Kier molecular flexibility index (Phi) is 3.72. The number of methoxy groups -OCH3 is 1. The van der Waals surface area contributed by atoms with Crippen molar-refractivity contribution >= 4 is 12.6 Å². The molecule has 0 fully saturated rings. The van der Waals surface area contributed by atoms with Gasteiger partial charge < -0.3 is 4.74 Å². The van der Waals surface area contributed by atoms with Crippen LogP contribution in [-0.4, -0.2) is 16.9 Å². The number of rotatable bonds is 3. The van der Waals surface area contributed by atoms with Crippen molar-refractivity contribution in [3.05, 3.63) is 51.9 Å². The summed E-state index contributed by atoms with van der Waals surface area (Å²) in [5, 5.41) is 4.32. The SMILES string of the molecule is COc1ccccc1-n1nc(CS)c(=O)cc1C. The lowest BCUT2D eigenvalue weighted by Crippen LogP contribution is -2.18. The Bertz CT molecular complexity index is 623. The van der Waals surface area contributed by atoms with Gasteiger partial charge in [0.2, 0.25) is 5.43 Å². The van der Waals surface area contributed by atoms with Gasteiger partial charge in [0, 0.05) is 17.5 Å². The van der Waals surface area contributed by atoms with Crippen LogP contribution in [0.3, 0.4) is 0 Å². The summed E-state index contributed by atoms with van der Waals surface area (Å²) in [5.41, 5.74) is 1.90. The molecular weight excluding hydrogens is 248 g/mol. The Morgan fingerprint density at radius 2 is 2.11 bits per heavy atom. The van der Waals surface area contributed by atoms with Crippen LogP contribution < -0.4 is 10.2 Å². The smallest absolute Gasteiger partial charge is 0.204 e. The number of hydrogen-bond donors (Lipinski definition) is 1. The van der Waals surface area contributed by atoms with Gasteiger partial charge in [0.25, 0.3) is 0 Å². The van der Waals surface area contributed by atoms with Gasteiger partial charge in [-0.3, -0.25) is 4.79 Å². The largest absolute Gasteiger partial charge is 0.494 e. The molecule has 2 aromatic rings. The van der Waals surface area contributed by atoms with Crippen LogP contribution in [-0.2, 0) is 5.75 Å². The van der Waals surface area contributed by atoms with Crippen LogP contribution in [0.5, 0.6) is 5.75 Å². The number of thiol groups is 1. The summed E-state index contributed by atoms with van der Waals surface area (Å²) in [5.74, 6) is 1.02. The molecule has 0 saturated heterocycles. The maximum Gasteiger partial charge on any atom is 0.204 e. The molecule has 1 heterocycles. The molecule has 0 radical (unpaired) electrons. The van der Waals surface area contributed by atoms with Gasteiger partial charge in [-0.2, -0.15) is 17.7 Å². The summed E-state index contributed by atoms with van der Waals surface area (Å²) in [6.45, 7) is 1.84. The second-order valence-electron chi connectivity index (χ2n) is 3.84. The van der Waals surface area contributed by atoms with Crippen LogP contribution in [0.1, 0.15) is 11.4 Å². The number of nitrogens with zero attached hydrogens (tertiary/aromatic N) is 2. The molecule has 0 atom stereocenters. The topological polar surface area (TPSA) is 44.1 Å². The lowest BCUT2D eigenvalue weighted by molar-refractivity contribution is 0.411. The lowest BCUT2D eigenvalue weighted by atomic mass is 10.2. The van der Waals surface area contributed by atoms with Crippen LogP contribution in [0, 0.1) is 6.92 Å². The molecule has 1 aromatic carbocycles. The van der Waals surface area contributed by atoms with Crippen molar-refractivity contribution in [2.24, 2.45) is 0 Å². The summed E-state index contributed by atoms with van der Waals surface area (Å²) in [4.78, 5) is 11.7. The first-order valence-electron chi connectivity index (χ1n) is 5.51. The number of aromatic nitrogens is 2. The molecule has 2 rings (SSSR count). The van der Waals surface area contributed by atoms with Gasteiger partial charge in [-0.15, -0.1) is 0 Å². The number of benzene rings is 1. The molecular formula is C13H14N2O2S. The second kappa shape index (κ2) is 5.27. The molecule has 18 heavy (non-hydrogen) atoms. The first kappa shape index (κ1) is 12.7. The van der Waals surface area contributed by atoms with Gasteiger partial charge in [0.05, 0.1) is 7.11 Å². The van der Waals surface area contributed by atoms with E-state index in [0.717, 1.165) is 11.4 Å². The monoisotopic (exact) mass is 262 g/mol. The average Bonchev–Trinajstić information content (AvgIpc) is 2.39. The predicted octanol–water partition coefficient (Wildman–Crippen LogP) is 1.98. The van der Waals surface area contributed by atoms with Gasteiger partial charge in [-0.1, -0.05) is 12.1 Å². The molecule has 0 aliphatic heterocycles. The molecule has 0 N–H and O–H groups in total. The Morgan fingerprint density at radius 3 is 2.78 bits per heavy atom. The van der Waals surface area contributed by atoms with Crippen molar-refractivity contribution in [1.82, 2.24) is 9.78 Å². The van der Waals surface area contributed by atoms with Gasteiger partial charge in [-0.25, -0.2) is 4.68 Å². The highest BCUT2D eigenvalue weighted by Crippen LogP contribution is 2.22. The number of aryl methyl sites for hydroxylation is 1. The third-order valence-electron chi connectivity index (χ3n) is 2.64. The van der Waals surface area contributed by atoms with E-state index < -0.39 is 0 Å². The highest BCUT2D eigenvalue weighted by molar-refractivity contribution is 7.79. The fourth-order valence-corrected chi connectivity index (χ4v) is 1.96. The van der Waals surface area contributed by atoms with Crippen molar-refractivity contribution in [3.8, 4) is 11.4 Å². The zero-order chi connectivity index (χ0) is 13.1. The Hall–Kier alpha value is -1.75. The molecule has 1 aromatic heterocycles. The molecule has 0 spiro atoms. The fraction of sp³-hybridized carbons (Fsp3) is 0.231. The summed E-state index contributed by atoms with van der Waals surface area (Å²) < 4.78 is 7.00. The van der Waals surface area contributed by atoms with Gasteiger partial charge in [0.1, 0.15) is 17.1 Å². The van der Waals surface area contributed by atoms with Crippen LogP contribution in [0.2, 0.25) is 0 Å². The maximum absolute atomic E-state index is 11.7. The normalized spacial score (nSPS) is 10.4. The zero-order valence-corrected chi connectivity index (χ0v) is 11.1. The Labute approximate surface area is 111 Å². The molecule has 0 aliphatic rings.